The van der Waals surface area contributed by atoms with Crippen LogP contribution < -0.4 is 0 Å². The van der Waals surface area contributed by atoms with Crippen LogP contribution in [0.2, 0.25) is 10.0 Å². The molecule has 2 nitrogen and oxygen atoms in total. The molecule has 2 saturated carbocycles. The van der Waals surface area contributed by atoms with Crippen molar-refractivity contribution in [2.24, 2.45) is 5.92 Å². The summed E-state index contributed by atoms with van der Waals surface area (Å²) in [5.74, 6) is 0.935. The maximum absolute atomic E-state index is 6.25. The summed E-state index contributed by atoms with van der Waals surface area (Å²) in [6.45, 7) is 5.03. The van der Waals surface area contributed by atoms with Gasteiger partial charge in [-0.3, -0.25) is 9.80 Å². The largest absolute Gasteiger partial charge is 0.285 e. The van der Waals surface area contributed by atoms with Crippen molar-refractivity contribution in [3.63, 3.8) is 0 Å². The van der Waals surface area contributed by atoms with Crippen molar-refractivity contribution in [2.75, 3.05) is 26.2 Å². The van der Waals surface area contributed by atoms with Gasteiger partial charge >= 0.3 is 0 Å². The highest BCUT2D eigenvalue weighted by Crippen LogP contribution is 2.41. The van der Waals surface area contributed by atoms with Crippen molar-refractivity contribution in [3.05, 3.63) is 33.8 Å². The molecule has 0 radical (unpaired) electrons. The number of halogens is 2. The molecule has 1 aliphatic heterocycles. The molecule has 3 aliphatic rings. The van der Waals surface area contributed by atoms with E-state index in [0.717, 1.165) is 18.9 Å². The summed E-state index contributed by atoms with van der Waals surface area (Å²) in [7, 11) is 0. The second-order valence-electron chi connectivity index (χ2n) is 8.63. The SMILES string of the molecule is Clc1ccc(CCN(CC2CC2)C2(N3CCCC3)CCCCC2)cc1Cl. The normalized spacial score (nSPS) is 23.7. The van der Waals surface area contributed by atoms with Crippen molar-refractivity contribution < 1.29 is 0 Å². The molecule has 2 aliphatic carbocycles. The van der Waals surface area contributed by atoms with Gasteiger partial charge in [0.25, 0.3) is 0 Å². The number of likely N-dealkylation sites (tertiary alicyclic amines) is 1. The number of rotatable bonds is 7. The van der Waals surface area contributed by atoms with Gasteiger partial charge in [-0.2, -0.15) is 0 Å². The number of nitrogens with zero attached hydrogens (tertiary/aromatic N) is 2. The molecular formula is C22H32Cl2N2. The van der Waals surface area contributed by atoms with E-state index in [4.69, 9.17) is 23.2 Å². The van der Waals surface area contributed by atoms with E-state index in [9.17, 15) is 0 Å². The third-order valence-electron chi connectivity index (χ3n) is 6.77. The molecule has 1 saturated heterocycles. The fraction of sp³-hybridized carbons (Fsp3) is 0.727. The first-order valence-electron chi connectivity index (χ1n) is 10.6. The van der Waals surface area contributed by atoms with Crippen molar-refractivity contribution in [1.29, 1.82) is 0 Å². The Morgan fingerprint density at radius 2 is 1.69 bits per heavy atom. The van der Waals surface area contributed by atoms with Crippen LogP contribution in [0.4, 0.5) is 0 Å². The summed E-state index contributed by atoms with van der Waals surface area (Å²) in [6, 6.07) is 6.15. The summed E-state index contributed by atoms with van der Waals surface area (Å²) in [6.07, 6.45) is 13.6. The van der Waals surface area contributed by atoms with Crippen LogP contribution in [0.25, 0.3) is 0 Å². The zero-order valence-electron chi connectivity index (χ0n) is 15.9. The number of hydrogen-bond donors (Lipinski definition) is 0. The molecule has 26 heavy (non-hydrogen) atoms. The van der Waals surface area contributed by atoms with Gasteiger partial charge in [0.05, 0.1) is 15.7 Å². The molecule has 0 atom stereocenters. The molecule has 1 aromatic rings. The molecule has 0 bridgehead atoms. The van der Waals surface area contributed by atoms with E-state index in [2.05, 4.69) is 21.9 Å². The monoisotopic (exact) mass is 394 g/mol. The second kappa shape index (κ2) is 8.39. The fourth-order valence-electron chi connectivity index (χ4n) is 5.12. The maximum Gasteiger partial charge on any atom is 0.0737 e. The molecule has 3 fully saturated rings. The van der Waals surface area contributed by atoms with Gasteiger partial charge in [0, 0.05) is 13.1 Å². The van der Waals surface area contributed by atoms with Crippen LogP contribution in [0.5, 0.6) is 0 Å². The zero-order valence-corrected chi connectivity index (χ0v) is 17.4. The Morgan fingerprint density at radius 3 is 2.35 bits per heavy atom. The van der Waals surface area contributed by atoms with Crippen LogP contribution in [0.3, 0.4) is 0 Å². The van der Waals surface area contributed by atoms with Crippen molar-refractivity contribution in [1.82, 2.24) is 9.80 Å². The number of benzene rings is 1. The molecular weight excluding hydrogens is 363 g/mol. The molecule has 0 aromatic heterocycles. The summed E-state index contributed by atoms with van der Waals surface area (Å²) in [5.41, 5.74) is 1.64. The van der Waals surface area contributed by atoms with Crippen LogP contribution in [0.15, 0.2) is 18.2 Å². The number of hydrogen-bond acceptors (Lipinski definition) is 2. The van der Waals surface area contributed by atoms with Gasteiger partial charge in [0.1, 0.15) is 0 Å². The molecule has 0 unspecified atom stereocenters. The summed E-state index contributed by atoms with van der Waals surface area (Å²) < 4.78 is 0. The Kier molecular flexibility index (Phi) is 6.15. The molecule has 4 heteroatoms. The smallest absolute Gasteiger partial charge is 0.0737 e. The molecule has 0 spiro atoms. The van der Waals surface area contributed by atoms with Crippen LogP contribution in [-0.2, 0) is 6.42 Å². The zero-order chi connectivity index (χ0) is 18.0. The average Bonchev–Trinajstić information content (AvgIpc) is 3.30. The molecule has 1 aromatic carbocycles. The first kappa shape index (κ1) is 19.1. The van der Waals surface area contributed by atoms with Gasteiger partial charge in [-0.05, 0) is 81.6 Å². The standard InChI is InChI=1S/C22H32Cl2N2/c23-20-9-8-18(16-21(20)24)10-15-26(17-19-6-7-19)22(11-2-1-3-12-22)25-13-4-5-14-25/h8-9,16,19H,1-7,10-15,17H2. The molecule has 1 heterocycles. The first-order chi connectivity index (χ1) is 12.7. The predicted octanol–water partition coefficient (Wildman–Crippen LogP) is 6.00. The Balaban J connectivity index is 1.52. The predicted molar refractivity (Wildman–Crippen MR) is 111 cm³/mol. The topological polar surface area (TPSA) is 6.48 Å². The van der Waals surface area contributed by atoms with E-state index in [1.807, 2.05) is 6.07 Å². The lowest BCUT2D eigenvalue weighted by molar-refractivity contribution is -0.0759. The fourth-order valence-corrected chi connectivity index (χ4v) is 5.45. The van der Waals surface area contributed by atoms with Gasteiger partial charge in [-0.1, -0.05) is 48.5 Å². The summed E-state index contributed by atoms with van der Waals surface area (Å²) in [4.78, 5) is 5.74. The minimum absolute atomic E-state index is 0.327. The quantitative estimate of drug-likeness (QED) is 0.558. The molecule has 0 amide bonds. The van der Waals surface area contributed by atoms with Crippen LogP contribution in [0.1, 0.15) is 63.4 Å². The highest BCUT2D eigenvalue weighted by atomic mass is 35.5. The van der Waals surface area contributed by atoms with Gasteiger partial charge in [0.2, 0.25) is 0 Å². The van der Waals surface area contributed by atoms with Crippen LogP contribution in [0, 0.1) is 5.92 Å². The van der Waals surface area contributed by atoms with E-state index in [1.165, 1.54) is 83.0 Å². The van der Waals surface area contributed by atoms with Crippen LogP contribution >= 0.6 is 23.2 Å². The minimum Gasteiger partial charge on any atom is -0.285 e. The lowest BCUT2D eigenvalue weighted by Crippen LogP contribution is -2.61. The van der Waals surface area contributed by atoms with E-state index < -0.39 is 0 Å². The van der Waals surface area contributed by atoms with E-state index in [1.54, 1.807) is 0 Å². The Bertz CT molecular complexity index is 602. The van der Waals surface area contributed by atoms with Crippen LogP contribution in [-0.4, -0.2) is 41.6 Å². The third kappa shape index (κ3) is 4.24. The Labute approximate surface area is 168 Å². The third-order valence-corrected chi connectivity index (χ3v) is 7.51. The van der Waals surface area contributed by atoms with E-state index >= 15 is 0 Å². The van der Waals surface area contributed by atoms with Crippen molar-refractivity contribution in [3.8, 4) is 0 Å². The molecule has 0 N–H and O–H groups in total. The summed E-state index contributed by atoms with van der Waals surface area (Å²) in [5, 5.41) is 1.34. The van der Waals surface area contributed by atoms with E-state index in [0.29, 0.717) is 15.7 Å². The van der Waals surface area contributed by atoms with Gasteiger partial charge in [-0.15, -0.1) is 0 Å². The highest BCUT2D eigenvalue weighted by Gasteiger charge is 2.45. The molecule has 4 rings (SSSR count). The van der Waals surface area contributed by atoms with Gasteiger partial charge < -0.3 is 0 Å². The lowest BCUT2D eigenvalue weighted by Gasteiger charge is -2.52. The Hall–Kier alpha value is -0.280. The van der Waals surface area contributed by atoms with Crippen molar-refractivity contribution in [2.45, 2.75) is 69.9 Å². The van der Waals surface area contributed by atoms with Gasteiger partial charge in [0.15, 0.2) is 0 Å². The highest BCUT2D eigenvalue weighted by molar-refractivity contribution is 6.42. The maximum atomic E-state index is 6.25. The molecule has 144 valence electrons. The second-order valence-corrected chi connectivity index (χ2v) is 9.44. The first-order valence-corrected chi connectivity index (χ1v) is 11.4. The Morgan fingerprint density at radius 1 is 0.962 bits per heavy atom. The van der Waals surface area contributed by atoms with Gasteiger partial charge in [-0.25, -0.2) is 0 Å². The average molecular weight is 395 g/mol. The van der Waals surface area contributed by atoms with E-state index in [-0.39, 0.29) is 0 Å². The minimum atomic E-state index is 0.327. The van der Waals surface area contributed by atoms with Crippen molar-refractivity contribution >= 4 is 23.2 Å². The lowest BCUT2D eigenvalue weighted by atomic mass is 9.85. The summed E-state index contributed by atoms with van der Waals surface area (Å²) >= 11 is 12.4.